The molecule has 1 fully saturated rings. The Morgan fingerprint density at radius 2 is 1.81 bits per heavy atom. The standard InChI is InChI=1S/C26H27F3N6O2/c1-2-16-9-17(11-19(10-16)37-8-7-34-5-3-18(36)4-6-34)32-26-30-14-22(29)25(33-26)35-15-31-23-12-20(27)21(28)13-24(23)35/h9-15,18,36H,2-8H2,1H3,(H,30,32,33). The van der Waals surface area contributed by atoms with Gasteiger partial charge < -0.3 is 15.2 Å². The number of benzene rings is 2. The van der Waals surface area contributed by atoms with Gasteiger partial charge in [-0.1, -0.05) is 6.92 Å². The molecule has 11 heteroatoms. The molecule has 1 aliphatic rings. The van der Waals surface area contributed by atoms with E-state index in [-0.39, 0.29) is 28.9 Å². The molecule has 8 nitrogen and oxygen atoms in total. The number of aliphatic hydroxyl groups excluding tert-OH is 1. The van der Waals surface area contributed by atoms with Gasteiger partial charge in [-0.15, -0.1) is 0 Å². The summed E-state index contributed by atoms with van der Waals surface area (Å²) in [6, 6.07) is 7.61. The Kier molecular flexibility index (Phi) is 7.24. The van der Waals surface area contributed by atoms with E-state index in [9.17, 15) is 18.3 Å². The molecule has 0 atom stereocenters. The highest BCUT2D eigenvalue weighted by Crippen LogP contribution is 2.26. The summed E-state index contributed by atoms with van der Waals surface area (Å²) in [6.07, 6.45) is 4.38. The fourth-order valence-electron chi connectivity index (χ4n) is 4.35. The van der Waals surface area contributed by atoms with E-state index in [0.29, 0.717) is 18.0 Å². The number of halogens is 3. The van der Waals surface area contributed by atoms with Crippen molar-refractivity contribution < 1.29 is 23.0 Å². The number of nitrogens with zero attached hydrogens (tertiary/aromatic N) is 5. The fraction of sp³-hybridized carbons (Fsp3) is 0.346. The zero-order chi connectivity index (χ0) is 25.9. The van der Waals surface area contributed by atoms with Gasteiger partial charge in [0.05, 0.1) is 23.3 Å². The van der Waals surface area contributed by atoms with Gasteiger partial charge in [0.2, 0.25) is 5.95 Å². The van der Waals surface area contributed by atoms with E-state index in [1.807, 2.05) is 25.1 Å². The Morgan fingerprint density at radius 3 is 2.59 bits per heavy atom. The topological polar surface area (TPSA) is 88.3 Å². The predicted octanol–water partition coefficient (Wildman–Crippen LogP) is 4.37. The van der Waals surface area contributed by atoms with Gasteiger partial charge in [-0.05, 0) is 37.0 Å². The van der Waals surface area contributed by atoms with Crippen molar-refractivity contribution in [1.82, 2.24) is 24.4 Å². The van der Waals surface area contributed by atoms with Gasteiger partial charge in [0.25, 0.3) is 0 Å². The number of likely N-dealkylation sites (tertiary alicyclic amines) is 1. The van der Waals surface area contributed by atoms with Gasteiger partial charge in [0, 0.05) is 43.5 Å². The number of aliphatic hydroxyl groups is 1. The molecule has 2 aromatic heterocycles. The van der Waals surface area contributed by atoms with Gasteiger partial charge in [-0.25, -0.2) is 23.1 Å². The SMILES string of the molecule is CCc1cc(Nc2ncc(F)c(-n3cnc4cc(F)c(F)cc43)n2)cc(OCCN2CCC(O)CC2)c1. The number of aromatic nitrogens is 4. The summed E-state index contributed by atoms with van der Waals surface area (Å²) in [6.45, 7) is 5.00. The summed E-state index contributed by atoms with van der Waals surface area (Å²) in [4.78, 5) is 14.6. The molecule has 0 spiro atoms. The predicted molar refractivity (Wildman–Crippen MR) is 133 cm³/mol. The molecule has 0 bridgehead atoms. The molecule has 4 aromatic rings. The van der Waals surface area contributed by atoms with Crippen LogP contribution in [0.15, 0.2) is 42.9 Å². The molecule has 0 saturated carbocycles. The van der Waals surface area contributed by atoms with E-state index in [1.165, 1.54) is 10.9 Å². The lowest BCUT2D eigenvalue weighted by atomic mass is 10.1. The van der Waals surface area contributed by atoms with Crippen LogP contribution in [0, 0.1) is 17.5 Å². The number of fused-ring (bicyclic) bond motifs is 1. The Balaban J connectivity index is 1.34. The van der Waals surface area contributed by atoms with Crippen LogP contribution in [0.2, 0.25) is 0 Å². The zero-order valence-corrected chi connectivity index (χ0v) is 20.3. The molecule has 194 valence electrons. The highest BCUT2D eigenvalue weighted by Gasteiger charge is 2.17. The molecule has 0 radical (unpaired) electrons. The van der Waals surface area contributed by atoms with Crippen LogP contribution in [0.25, 0.3) is 16.9 Å². The van der Waals surface area contributed by atoms with E-state index in [4.69, 9.17) is 4.74 Å². The second-order valence-electron chi connectivity index (χ2n) is 9.00. The number of piperidine rings is 1. The second-order valence-corrected chi connectivity index (χ2v) is 9.00. The molecule has 0 aliphatic carbocycles. The third-order valence-electron chi connectivity index (χ3n) is 6.41. The number of hydrogen-bond acceptors (Lipinski definition) is 7. The molecule has 1 aliphatic heterocycles. The minimum Gasteiger partial charge on any atom is -0.492 e. The molecule has 2 aromatic carbocycles. The number of ether oxygens (including phenoxy) is 1. The van der Waals surface area contributed by atoms with E-state index in [0.717, 1.165) is 62.8 Å². The first-order valence-electron chi connectivity index (χ1n) is 12.2. The van der Waals surface area contributed by atoms with Gasteiger partial charge in [-0.3, -0.25) is 9.47 Å². The minimum absolute atomic E-state index is 0.118. The first kappa shape index (κ1) is 25.0. The average molecular weight is 513 g/mol. The summed E-state index contributed by atoms with van der Waals surface area (Å²) < 4.78 is 49.3. The van der Waals surface area contributed by atoms with Gasteiger partial charge in [0.1, 0.15) is 18.7 Å². The molecule has 3 heterocycles. The lowest BCUT2D eigenvalue weighted by Crippen LogP contribution is -2.38. The van der Waals surface area contributed by atoms with Crippen LogP contribution in [0.3, 0.4) is 0 Å². The largest absolute Gasteiger partial charge is 0.492 e. The fourth-order valence-corrected chi connectivity index (χ4v) is 4.35. The molecule has 0 amide bonds. The van der Waals surface area contributed by atoms with Gasteiger partial charge in [0.15, 0.2) is 23.3 Å². The maximum absolute atomic E-state index is 14.7. The van der Waals surface area contributed by atoms with Crippen LogP contribution in [-0.2, 0) is 6.42 Å². The first-order chi connectivity index (χ1) is 17.9. The summed E-state index contributed by atoms with van der Waals surface area (Å²) in [5.74, 6) is -2.20. The number of hydrogen-bond donors (Lipinski definition) is 2. The molecule has 0 unspecified atom stereocenters. The smallest absolute Gasteiger partial charge is 0.229 e. The Morgan fingerprint density at radius 1 is 1.03 bits per heavy atom. The maximum Gasteiger partial charge on any atom is 0.229 e. The van der Waals surface area contributed by atoms with Crippen LogP contribution in [0.1, 0.15) is 25.3 Å². The van der Waals surface area contributed by atoms with Crippen molar-refractivity contribution in [3.05, 3.63) is 65.9 Å². The van der Waals surface area contributed by atoms with Crippen molar-refractivity contribution in [1.29, 1.82) is 0 Å². The van der Waals surface area contributed by atoms with E-state index >= 15 is 0 Å². The van der Waals surface area contributed by atoms with Crippen molar-refractivity contribution in [2.45, 2.75) is 32.3 Å². The number of imidazole rings is 1. The molecule has 2 N–H and O–H groups in total. The molecular formula is C26H27F3N6O2. The van der Waals surface area contributed by atoms with Gasteiger partial charge in [-0.2, -0.15) is 4.98 Å². The molecule has 37 heavy (non-hydrogen) atoms. The highest BCUT2D eigenvalue weighted by atomic mass is 19.2. The van der Waals surface area contributed by atoms with Crippen LogP contribution in [0.4, 0.5) is 24.8 Å². The third-order valence-corrected chi connectivity index (χ3v) is 6.41. The first-order valence-corrected chi connectivity index (χ1v) is 12.2. The number of anilines is 2. The van der Waals surface area contributed by atoms with Crippen molar-refractivity contribution >= 4 is 22.7 Å². The van der Waals surface area contributed by atoms with Crippen LogP contribution in [0.5, 0.6) is 5.75 Å². The van der Waals surface area contributed by atoms with E-state index in [1.54, 1.807) is 0 Å². The summed E-state index contributed by atoms with van der Waals surface area (Å²) >= 11 is 0. The van der Waals surface area contributed by atoms with Crippen LogP contribution >= 0.6 is 0 Å². The lowest BCUT2D eigenvalue weighted by molar-refractivity contribution is 0.0755. The monoisotopic (exact) mass is 512 g/mol. The summed E-state index contributed by atoms with van der Waals surface area (Å²) in [5, 5.41) is 12.8. The summed E-state index contributed by atoms with van der Waals surface area (Å²) in [7, 11) is 0. The van der Waals surface area contributed by atoms with Crippen LogP contribution in [-0.4, -0.2) is 61.9 Å². The summed E-state index contributed by atoms with van der Waals surface area (Å²) in [5.41, 5.74) is 2.04. The quantitative estimate of drug-likeness (QED) is 0.362. The maximum atomic E-state index is 14.7. The van der Waals surface area contributed by atoms with Crippen molar-refractivity contribution in [2.75, 3.05) is 31.6 Å². The van der Waals surface area contributed by atoms with Gasteiger partial charge >= 0.3 is 0 Å². The average Bonchev–Trinajstić information content (AvgIpc) is 3.28. The second kappa shape index (κ2) is 10.7. The Bertz CT molecular complexity index is 1400. The number of aryl methyl sites for hydroxylation is 1. The third kappa shape index (κ3) is 5.67. The van der Waals surface area contributed by atoms with Crippen LogP contribution < -0.4 is 10.1 Å². The Labute approximate surface area is 211 Å². The molecular weight excluding hydrogens is 485 g/mol. The lowest BCUT2D eigenvalue weighted by Gasteiger charge is -2.29. The molecule has 1 saturated heterocycles. The normalized spacial score (nSPS) is 14.8. The van der Waals surface area contributed by atoms with E-state index in [2.05, 4.69) is 25.2 Å². The highest BCUT2D eigenvalue weighted by molar-refractivity contribution is 5.77. The molecule has 5 rings (SSSR count). The number of rotatable bonds is 8. The van der Waals surface area contributed by atoms with Crippen molar-refractivity contribution in [3.8, 4) is 11.6 Å². The minimum atomic E-state index is -1.07. The Hall–Kier alpha value is -3.70. The van der Waals surface area contributed by atoms with Crippen molar-refractivity contribution in [3.63, 3.8) is 0 Å². The zero-order valence-electron chi connectivity index (χ0n) is 20.3. The van der Waals surface area contributed by atoms with E-state index < -0.39 is 17.5 Å². The van der Waals surface area contributed by atoms with Crippen molar-refractivity contribution in [2.24, 2.45) is 0 Å². The number of nitrogens with one attached hydrogen (secondary N) is 1.